The standard InChI is InChI=1S/C12H17FN2O2/c1-8(15-7-12(16)14-2)9-4-5-11(17-3)10(13)6-9/h4-6,8,15H,7H2,1-3H3,(H,14,16). The van der Waals surface area contributed by atoms with Crippen molar-refractivity contribution in [3.8, 4) is 5.75 Å². The van der Waals surface area contributed by atoms with E-state index in [4.69, 9.17) is 4.74 Å². The van der Waals surface area contributed by atoms with Crippen LogP contribution in [0.25, 0.3) is 0 Å². The van der Waals surface area contributed by atoms with Crippen LogP contribution in [0, 0.1) is 5.82 Å². The Kier molecular flexibility index (Phi) is 4.90. The molecular weight excluding hydrogens is 223 g/mol. The molecule has 17 heavy (non-hydrogen) atoms. The molecule has 4 nitrogen and oxygen atoms in total. The van der Waals surface area contributed by atoms with E-state index in [2.05, 4.69) is 10.6 Å². The summed E-state index contributed by atoms with van der Waals surface area (Å²) >= 11 is 0. The van der Waals surface area contributed by atoms with Gasteiger partial charge in [0, 0.05) is 13.1 Å². The van der Waals surface area contributed by atoms with E-state index in [0.717, 1.165) is 5.56 Å². The fourth-order valence-corrected chi connectivity index (χ4v) is 1.40. The van der Waals surface area contributed by atoms with Gasteiger partial charge in [-0.05, 0) is 24.6 Å². The minimum Gasteiger partial charge on any atom is -0.494 e. The number of carbonyl (C=O) groups excluding carboxylic acids is 1. The molecule has 1 aromatic rings. The Morgan fingerprint density at radius 2 is 2.24 bits per heavy atom. The van der Waals surface area contributed by atoms with E-state index in [9.17, 15) is 9.18 Å². The summed E-state index contributed by atoms with van der Waals surface area (Å²) in [6.45, 7) is 2.06. The van der Waals surface area contributed by atoms with Crippen molar-refractivity contribution in [3.05, 3.63) is 29.6 Å². The van der Waals surface area contributed by atoms with Gasteiger partial charge in [0.05, 0.1) is 13.7 Å². The van der Waals surface area contributed by atoms with E-state index in [-0.39, 0.29) is 24.2 Å². The highest BCUT2D eigenvalue weighted by molar-refractivity contribution is 5.77. The van der Waals surface area contributed by atoms with E-state index in [0.29, 0.717) is 0 Å². The van der Waals surface area contributed by atoms with Crippen LogP contribution in [0.2, 0.25) is 0 Å². The Bertz CT molecular complexity index is 396. The fourth-order valence-electron chi connectivity index (χ4n) is 1.40. The highest BCUT2D eigenvalue weighted by atomic mass is 19.1. The van der Waals surface area contributed by atoms with Crippen LogP contribution in [0.15, 0.2) is 18.2 Å². The quantitative estimate of drug-likeness (QED) is 0.814. The predicted molar refractivity (Wildman–Crippen MR) is 63.4 cm³/mol. The minimum absolute atomic E-state index is 0.104. The monoisotopic (exact) mass is 240 g/mol. The van der Waals surface area contributed by atoms with Gasteiger partial charge in [-0.3, -0.25) is 4.79 Å². The number of halogens is 1. The third-order valence-corrected chi connectivity index (χ3v) is 2.52. The zero-order valence-electron chi connectivity index (χ0n) is 10.2. The first-order valence-electron chi connectivity index (χ1n) is 5.36. The Morgan fingerprint density at radius 1 is 1.53 bits per heavy atom. The maximum absolute atomic E-state index is 13.4. The zero-order chi connectivity index (χ0) is 12.8. The van der Waals surface area contributed by atoms with Gasteiger partial charge in [0.1, 0.15) is 0 Å². The molecule has 0 spiro atoms. The molecule has 1 rings (SSSR count). The van der Waals surface area contributed by atoms with Crippen LogP contribution in [0.4, 0.5) is 4.39 Å². The first kappa shape index (κ1) is 13.4. The van der Waals surface area contributed by atoms with Gasteiger partial charge in [0.25, 0.3) is 0 Å². The lowest BCUT2D eigenvalue weighted by Crippen LogP contribution is -2.32. The third kappa shape index (κ3) is 3.71. The fraction of sp³-hybridized carbons (Fsp3) is 0.417. The molecule has 0 fully saturated rings. The highest BCUT2D eigenvalue weighted by Crippen LogP contribution is 2.21. The number of hydrogen-bond acceptors (Lipinski definition) is 3. The van der Waals surface area contributed by atoms with Gasteiger partial charge in [-0.1, -0.05) is 6.07 Å². The molecule has 1 amide bonds. The van der Waals surface area contributed by atoms with Crippen molar-refractivity contribution in [2.75, 3.05) is 20.7 Å². The first-order valence-corrected chi connectivity index (χ1v) is 5.36. The molecule has 0 aliphatic rings. The Hall–Kier alpha value is -1.62. The van der Waals surface area contributed by atoms with Crippen molar-refractivity contribution in [1.82, 2.24) is 10.6 Å². The summed E-state index contributed by atoms with van der Waals surface area (Å²) < 4.78 is 18.3. The Labute approximate surface area is 100 Å². The van der Waals surface area contributed by atoms with Crippen LogP contribution >= 0.6 is 0 Å². The highest BCUT2D eigenvalue weighted by Gasteiger charge is 2.10. The maximum Gasteiger partial charge on any atom is 0.233 e. The molecule has 1 aromatic carbocycles. The van der Waals surface area contributed by atoms with E-state index >= 15 is 0 Å². The van der Waals surface area contributed by atoms with Crippen LogP contribution in [-0.4, -0.2) is 26.6 Å². The lowest BCUT2D eigenvalue weighted by Gasteiger charge is -2.14. The van der Waals surface area contributed by atoms with Crippen LogP contribution < -0.4 is 15.4 Å². The maximum atomic E-state index is 13.4. The van der Waals surface area contributed by atoms with Gasteiger partial charge in [-0.15, -0.1) is 0 Å². The van der Waals surface area contributed by atoms with Crippen molar-refractivity contribution >= 4 is 5.91 Å². The average Bonchev–Trinajstić information content (AvgIpc) is 2.35. The number of ether oxygens (including phenoxy) is 1. The van der Waals surface area contributed by atoms with Gasteiger partial charge in [0.15, 0.2) is 11.6 Å². The van der Waals surface area contributed by atoms with E-state index in [1.54, 1.807) is 19.2 Å². The second-order valence-corrected chi connectivity index (χ2v) is 3.67. The number of benzene rings is 1. The molecule has 0 radical (unpaired) electrons. The van der Waals surface area contributed by atoms with Crippen LogP contribution in [0.1, 0.15) is 18.5 Å². The van der Waals surface area contributed by atoms with E-state index in [1.807, 2.05) is 6.92 Å². The van der Waals surface area contributed by atoms with E-state index in [1.165, 1.54) is 13.2 Å². The normalized spacial score (nSPS) is 12.0. The summed E-state index contributed by atoms with van der Waals surface area (Å²) in [5.74, 6) is -0.295. The molecule has 94 valence electrons. The number of hydrogen-bond donors (Lipinski definition) is 2. The summed E-state index contributed by atoms with van der Waals surface area (Å²) in [4.78, 5) is 11.0. The van der Waals surface area contributed by atoms with Crippen LogP contribution in [-0.2, 0) is 4.79 Å². The van der Waals surface area contributed by atoms with Gasteiger partial charge >= 0.3 is 0 Å². The molecule has 0 saturated carbocycles. The van der Waals surface area contributed by atoms with Crippen LogP contribution in [0.5, 0.6) is 5.75 Å². The number of likely N-dealkylation sites (N-methyl/N-ethyl adjacent to an activating group) is 1. The number of nitrogens with one attached hydrogen (secondary N) is 2. The number of carbonyl (C=O) groups is 1. The van der Waals surface area contributed by atoms with Gasteiger partial charge in [-0.2, -0.15) is 0 Å². The second-order valence-electron chi connectivity index (χ2n) is 3.67. The van der Waals surface area contributed by atoms with Crippen LogP contribution in [0.3, 0.4) is 0 Å². The van der Waals surface area contributed by atoms with Gasteiger partial charge in [0.2, 0.25) is 5.91 Å². The molecule has 2 N–H and O–H groups in total. The van der Waals surface area contributed by atoms with Crippen molar-refractivity contribution in [2.45, 2.75) is 13.0 Å². The summed E-state index contributed by atoms with van der Waals surface area (Å²) in [5.41, 5.74) is 0.771. The predicted octanol–water partition coefficient (Wildman–Crippen LogP) is 1.23. The van der Waals surface area contributed by atoms with Gasteiger partial charge in [-0.25, -0.2) is 4.39 Å². The van der Waals surface area contributed by atoms with Gasteiger partial charge < -0.3 is 15.4 Å². The lowest BCUT2D eigenvalue weighted by atomic mass is 10.1. The first-order chi connectivity index (χ1) is 8.08. The Balaban J connectivity index is 2.66. The smallest absolute Gasteiger partial charge is 0.233 e. The lowest BCUT2D eigenvalue weighted by molar-refractivity contribution is -0.119. The topological polar surface area (TPSA) is 50.4 Å². The largest absolute Gasteiger partial charge is 0.494 e. The number of rotatable bonds is 5. The molecule has 0 aliphatic carbocycles. The van der Waals surface area contributed by atoms with E-state index < -0.39 is 5.82 Å². The molecule has 0 aromatic heterocycles. The summed E-state index contributed by atoms with van der Waals surface area (Å²) in [5, 5.41) is 5.50. The molecule has 0 heterocycles. The van der Waals surface area contributed by atoms with Crippen molar-refractivity contribution < 1.29 is 13.9 Å². The molecular formula is C12H17FN2O2. The second kappa shape index (κ2) is 6.20. The van der Waals surface area contributed by atoms with Crippen molar-refractivity contribution in [3.63, 3.8) is 0 Å². The molecule has 0 saturated heterocycles. The summed E-state index contributed by atoms with van der Waals surface area (Å²) in [6.07, 6.45) is 0. The molecule has 1 atom stereocenters. The molecule has 5 heteroatoms. The molecule has 1 unspecified atom stereocenters. The zero-order valence-corrected chi connectivity index (χ0v) is 10.2. The molecule has 0 bridgehead atoms. The third-order valence-electron chi connectivity index (χ3n) is 2.52. The molecule has 0 aliphatic heterocycles. The summed E-state index contributed by atoms with van der Waals surface area (Å²) in [6, 6.07) is 4.64. The number of amides is 1. The number of methoxy groups -OCH3 is 1. The average molecular weight is 240 g/mol. The SMILES string of the molecule is CNC(=O)CNC(C)c1ccc(OC)c(F)c1. The van der Waals surface area contributed by atoms with Crippen molar-refractivity contribution in [1.29, 1.82) is 0 Å². The minimum atomic E-state index is -0.404. The Morgan fingerprint density at radius 3 is 2.76 bits per heavy atom. The van der Waals surface area contributed by atoms with Crippen molar-refractivity contribution in [2.24, 2.45) is 0 Å². The summed E-state index contributed by atoms with van der Waals surface area (Å²) in [7, 11) is 2.99.